The van der Waals surface area contributed by atoms with Gasteiger partial charge in [0.1, 0.15) is 0 Å². The Morgan fingerprint density at radius 1 is 0.206 bits per heavy atom. The molecule has 8 aromatic rings. The molecule has 0 unspecified atom stereocenters. The molecule has 0 atom stereocenters. The summed E-state index contributed by atoms with van der Waals surface area (Å²) < 4.78 is 0. The molecule has 0 heterocycles. The Kier molecular flexibility index (Phi) is 6.02. The fourth-order valence-corrected chi connectivity index (χ4v) is 5.34. The van der Waals surface area contributed by atoms with Crippen molar-refractivity contribution >= 4 is 64.6 Å². The second kappa shape index (κ2) is 8.99. The third-order valence-electron chi connectivity index (χ3n) is 6.79. The third-order valence-corrected chi connectivity index (χ3v) is 6.79. The molecule has 0 saturated carbocycles. The minimum atomic E-state index is 0. The summed E-state index contributed by atoms with van der Waals surface area (Å²) in [5.41, 5.74) is 0. The average Bonchev–Trinajstić information content (AvgIpc) is 2.87. The summed E-state index contributed by atoms with van der Waals surface area (Å²) in [4.78, 5) is 0. The van der Waals surface area contributed by atoms with Crippen LogP contribution in [0.5, 0.6) is 0 Å². The zero-order valence-electron chi connectivity index (χ0n) is 18.4. The van der Waals surface area contributed by atoms with Crippen molar-refractivity contribution in [3.05, 3.63) is 121 Å². The van der Waals surface area contributed by atoms with Crippen molar-refractivity contribution in [3.63, 3.8) is 0 Å². The van der Waals surface area contributed by atoms with Gasteiger partial charge in [-0.3, -0.25) is 0 Å². The molecule has 0 amide bonds. The molecule has 0 aliphatic carbocycles. The van der Waals surface area contributed by atoms with Crippen LogP contribution in [0.2, 0.25) is 0 Å². The molecule has 0 nitrogen and oxygen atoms in total. The normalized spacial score (nSPS) is 11.1. The number of rotatable bonds is 0. The van der Waals surface area contributed by atoms with E-state index in [0.717, 1.165) is 0 Å². The van der Waals surface area contributed by atoms with Gasteiger partial charge < -0.3 is 0 Å². The van der Waals surface area contributed by atoms with E-state index in [1.54, 1.807) is 0 Å². The van der Waals surface area contributed by atoms with Crippen LogP contribution in [-0.4, -0.2) is 0 Å². The molecule has 0 aliphatic heterocycles. The standard InChI is InChI=1S/2C16H10.2V/c2*1-3-11-7-9-13-5-2-6-14-10-8-12(4-1)15(11)16(13)14;;/h2*1-10H;;. The van der Waals surface area contributed by atoms with Crippen LogP contribution in [0.15, 0.2) is 121 Å². The quantitative estimate of drug-likeness (QED) is 0.180. The molecule has 2 heteroatoms. The smallest absolute Gasteiger partial charge is 0 e. The van der Waals surface area contributed by atoms with Crippen molar-refractivity contribution in [1.82, 2.24) is 0 Å². The van der Waals surface area contributed by atoms with Crippen LogP contribution in [0, 0.1) is 0 Å². The molecule has 158 valence electrons. The Morgan fingerprint density at radius 2 is 0.353 bits per heavy atom. The van der Waals surface area contributed by atoms with E-state index in [4.69, 9.17) is 0 Å². The van der Waals surface area contributed by atoms with Crippen molar-refractivity contribution in [3.8, 4) is 0 Å². The molecular formula is C32H20V2. The molecule has 0 aromatic heterocycles. The molecule has 8 rings (SSSR count). The van der Waals surface area contributed by atoms with E-state index in [1.165, 1.54) is 64.6 Å². The Bertz CT molecular complexity index is 1480. The minimum absolute atomic E-state index is 0. The van der Waals surface area contributed by atoms with Gasteiger partial charge in [0, 0.05) is 37.1 Å². The SMILES string of the molecule is [V].[V].c1cc2ccc3cccc4ccc(c1)c2c34.c1cc2ccc3cccc4ccc(c1)c2c34. The molecular weight excluding hydrogens is 486 g/mol. The van der Waals surface area contributed by atoms with Gasteiger partial charge in [-0.25, -0.2) is 0 Å². The van der Waals surface area contributed by atoms with E-state index in [9.17, 15) is 0 Å². The van der Waals surface area contributed by atoms with Crippen molar-refractivity contribution in [2.75, 3.05) is 0 Å². The Labute approximate surface area is 222 Å². The second-order valence-corrected chi connectivity index (χ2v) is 8.58. The van der Waals surface area contributed by atoms with E-state index in [0.29, 0.717) is 0 Å². The van der Waals surface area contributed by atoms with Crippen molar-refractivity contribution in [1.29, 1.82) is 0 Å². The molecule has 0 saturated heterocycles. The van der Waals surface area contributed by atoms with Crippen LogP contribution in [0.4, 0.5) is 0 Å². The predicted molar refractivity (Wildman–Crippen MR) is 140 cm³/mol. The van der Waals surface area contributed by atoms with Crippen LogP contribution in [0.1, 0.15) is 0 Å². The van der Waals surface area contributed by atoms with Gasteiger partial charge in [0.15, 0.2) is 0 Å². The van der Waals surface area contributed by atoms with E-state index in [2.05, 4.69) is 121 Å². The zero-order chi connectivity index (χ0) is 21.1. The van der Waals surface area contributed by atoms with Crippen molar-refractivity contribution in [2.45, 2.75) is 0 Å². The maximum absolute atomic E-state index is 2.21. The average molecular weight is 506 g/mol. The molecule has 0 aliphatic rings. The van der Waals surface area contributed by atoms with E-state index in [1.807, 2.05) is 0 Å². The van der Waals surface area contributed by atoms with Gasteiger partial charge >= 0.3 is 0 Å². The first-order chi connectivity index (χ1) is 15.9. The van der Waals surface area contributed by atoms with Crippen LogP contribution < -0.4 is 0 Å². The largest absolute Gasteiger partial charge is 0.0610 e. The molecule has 8 aromatic carbocycles. The maximum Gasteiger partial charge on any atom is 0 e. The van der Waals surface area contributed by atoms with Gasteiger partial charge in [-0.15, -0.1) is 0 Å². The van der Waals surface area contributed by atoms with Gasteiger partial charge in [-0.05, 0) is 64.6 Å². The first-order valence-electron chi connectivity index (χ1n) is 11.1. The van der Waals surface area contributed by atoms with Crippen LogP contribution in [0.3, 0.4) is 0 Å². The van der Waals surface area contributed by atoms with Gasteiger partial charge in [-0.2, -0.15) is 0 Å². The second-order valence-electron chi connectivity index (χ2n) is 8.58. The topological polar surface area (TPSA) is 0 Å². The van der Waals surface area contributed by atoms with Gasteiger partial charge in [0.25, 0.3) is 0 Å². The first-order valence-corrected chi connectivity index (χ1v) is 11.1. The summed E-state index contributed by atoms with van der Waals surface area (Å²) in [5, 5.41) is 16.3. The molecule has 2 radical (unpaired) electrons. The fraction of sp³-hybridized carbons (Fsp3) is 0. The summed E-state index contributed by atoms with van der Waals surface area (Å²) in [6.07, 6.45) is 0. The summed E-state index contributed by atoms with van der Waals surface area (Å²) in [5.74, 6) is 0. The molecule has 0 bridgehead atoms. The summed E-state index contributed by atoms with van der Waals surface area (Å²) in [6.45, 7) is 0. The Hall–Kier alpha value is -2.99. The van der Waals surface area contributed by atoms with Crippen LogP contribution in [0.25, 0.3) is 64.6 Å². The summed E-state index contributed by atoms with van der Waals surface area (Å²) >= 11 is 0. The monoisotopic (exact) mass is 506 g/mol. The number of benzene rings is 8. The minimum Gasteiger partial charge on any atom is -0.0610 e. The molecule has 0 fully saturated rings. The van der Waals surface area contributed by atoms with Gasteiger partial charge in [-0.1, -0.05) is 121 Å². The van der Waals surface area contributed by atoms with E-state index < -0.39 is 0 Å². The zero-order valence-corrected chi connectivity index (χ0v) is 21.2. The van der Waals surface area contributed by atoms with Crippen molar-refractivity contribution < 1.29 is 37.1 Å². The summed E-state index contributed by atoms with van der Waals surface area (Å²) in [6, 6.07) is 43.7. The molecule has 34 heavy (non-hydrogen) atoms. The Balaban J connectivity index is 0.000000134. The molecule has 0 spiro atoms. The maximum atomic E-state index is 2.21. The fourth-order valence-electron chi connectivity index (χ4n) is 5.34. The van der Waals surface area contributed by atoms with E-state index >= 15 is 0 Å². The van der Waals surface area contributed by atoms with Crippen molar-refractivity contribution in [2.24, 2.45) is 0 Å². The van der Waals surface area contributed by atoms with E-state index in [-0.39, 0.29) is 37.1 Å². The van der Waals surface area contributed by atoms with Crippen LogP contribution >= 0.6 is 0 Å². The summed E-state index contributed by atoms with van der Waals surface area (Å²) in [7, 11) is 0. The third kappa shape index (κ3) is 3.47. The van der Waals surface area contributed by atoms with Crippen LogP contribution in [-0.2, 0) is 37.1 Å². The number of hydrogen-bond donors (Lipinski definition) is 0. The number of hydrogen-bond acceptors (Lipinski definition) is 0. The first kappa shape index (κ1) is 22.8. The molecule has 0 N–H and O–H groups in total. The van der Waals surface area contributed by atoms with Gasteiger partial charge in [0.2, 0.25) is 0 Å². The Morgan fingerprint density at radius 3 is 0.500 bits per heavy atom. The van der Waals surface area contributed by atoms with Gasteiger partial charge in [0.05, 0.1) is 0 Å². The predicted octanol–water partition coefficient (Wildman–Crippen LogP) is 9.16.